The summed E-state index contributed by atoms with van der Waals surface area (Å²) < 4.78 is 28.9. The van der Waals surface area contributed by atoms with Crippen LogP contribution >= 0.6 is 11.6 Å². The van der Waals surface area contributed by atoms with Gasteiger partial charge in [0, 0.05) is 24.8 Å². The number of nitrogens with zero attached hydrogens (tertiary/aromatic N) is 3. The number of hydrogen-bond donors (Lipinski definition) is 1. The largest absolute Gasteiger partial charge is 0.276 e. The number of nitrogens with one attached hydrogen (secondary N) is 1. The van der Waals surface area contributed by atoms with Gasteiger partial charge >= 0.3 is 0 Å². The van der Waals surface area contributed by atoms with Gasteiger partial charge in [-0.15, -0.1) is 0 Å². The fourth-order valence-electron chi connectivity index (χ4n) is 2.04. The molecule has 0 bridgehead atoms. The molecule has 0 aliphatic rings. The van der Waals surface area contributed by atoms with E-state index in [-0.39, 0.29) is 4.90 Å². The average molecular weight is 323 g/mol. The van der Waals surface area contributed by atoms with Crippen LogP contribution in [0.3, 0.4) is 0 Å². The van der Waals surface area contributed by atoms with Gasteiger partial charge in [-0.05, 0) is 24.3 Å². The van der Waals surface area contributed by atoms with Crippen molar-refractivity contribution in [2.24, 2.45) is 7.05 Å². The predicted octanol–water partition coefficient (Wildman–Crippen LogP) is 2.42. The summed E-state index contributed by atoms with van der Waals surface area (Å²) in [5.74, 6) is 0. The number of rotatable bonds is 3. The fraction of sp³-hybridized carbons (Fsp3) is 0.0769. The van der Waals surface area contributed by atoms with Gasteiger partial charge < -0.3 is 0 Å². The molecule has 1 N–H and O–H groups in total. The number of benzene rings is 1. The minimum Gasteiger partial charge on any atom is -0.276 e. The van der Waals surface area contributed by atoms with Crippen LogP contribution in [0.25, 0.3) is 10.9 Å². The minimum atomic E-state index is -3.76. The first kappa shape index (κ1) is 13.8. The number of aromatic nitrogens is 3. The van der Waals surface area contributed by atoms with Crippen LogP contribution in [0.4, 0.5) is 5.69 Å². The summed E-state index contributed by atoms with van der Waals surface area (Å²) in [4.78, 5) is 3.88. The van der Waals surface area contributed by atoms with E-state index in [1.807, 2.05) is 0 Å². The molecule has 0 amide bonds. The summed E-state index contributed by atoms with van der Waals surface area (Å²) in [5, 5.41) is 5.21. The number of aryl methyl sites for hydroxylation is 1. The average Bonchev–Trinajstić information content (AvgIpc) is 2.85. The van der Waals surface area contributed by atoms with E-state index in [1.165, 1.54) is 18.5 Å². The van der Waals surface area contributed by atoms with Crippen LogP contribution in [-0.2, 0) is 17.1 Å². The normalized spacial score (nSPS) is 11.7. The molecule has 21 heavy (non-hydrogen) atoms. The number of pyridine rings is 1. The van der Waals surface area contributed by atoms with E-state index in [4.69, 9.17) is 11.6 Å². The second-order valence-electron chi connectivity index (χ2n) is 4.42. The van der Waals surface area contributed by atoms with E-state index in [9.17, 15) is 8.42 Å². The molecule has 0 saturated heterocycles. The van der Waals surface area contributed by atoms with Gasteiger partial charge in [-0.25, -0.2) is 8.42 Å². The van der Waals surface area contributed by atoms with Gasteiger partial charge in [0.15, 0.2) is 0 Å². The number of sulfonamides is 1. The highest BCUT2D eigenvalue weighted by Gasteiger charge is 2.19. The van der Waals surface area contributed by atoms with Crippen molar-refractivity contribution >= 4 is 38.2 Å². The third-order valence-corrected chi connectivity index (χ3v) is 4.68. The van der Waals surface area contributed by atoms with Crippen LogP contribution in [0.2, 0.25) is 5.02 Å². The molecule has 3 aromatic rings. The second kappa shape index (κ2) is 5.01. The van der Waals surface area contributed by atoms with Gasteiger partial charge in [-0.3, -0.25) is 14.4 Å². The lowest BCUT2D eigenvalue weighted by molar-refractivity contribution is 0.601. The van der Waals surface area contributed by atoms with Gasteiger partial charge in [0.05, 0.1) is 22.4 Å². The summed E-state index contributed by atoms with van der Waals surface area (Å²) in [6.07, 6.45) is 4.43. The monoisotopic (exact) mass is 322 g/mol. The van der Waals surface area contributed by atoms with E-state index in [0.717, 1.165) is 5.39 Å². The van der Waals surface area contributed by atoms with E-state index in [2.05, 4.69) is 14.8 Å². The first-order chi connectivity index (χ1) is 9.99. The van der Waals surface area contributed by atoms with Crippen LogP contribution < -0.4 is 4.72 Å². The van der Waals surface area contributed by atoms with Crippen LogP contribution in [0, 0.1) is 0 Å². The lowest BCUT2D eigenvalue weighted by Gasteiger charge is -2.11. The standard InChI is InChI=1S/C13H11ClN4O2S/c1-18-13-9(7-16-18)4-5-11(14)12(13)17-21(19,20)10-3-2-6-15-8-10/h2-8,17H,1H3. The Bertz CT molecular complexity index is 907. The van der Waals surface area contributed by atoms with Crippen molar-refractivity contribution in [2.75, 3.05) is 4.72 Å². The number of hydrogen-bond acceptors (Lipinski definition) is 4. The highest BCUT2D eigenvalue weighted by molar-refractivity contribution is 7.92. The molecule has 2 aromatic heterocycles. The lowest BCUT2D eigenvalue weighted by Crippen LogP contribution is -2.14. The highest BCUT2D eigenvalue weighted by Crippen LogP contribution is 2.32. The minimum absolute atomic E-state index is 0.0697. The van der Waals surface area contributed by atoms with Crippen molar-refractivity contribution in [3.63, 3.8) is 0 Å². The zero-order valence-electron chi connectivity index (χ0n) is 11.0. The van der Waals surface area contributed by atoms with E-state index in [1.54, 1.807) is 36.1 Å². The van der Waals surface area contributed by atoms with Crippen molar-refractivity contribution in [2.45, 2.75) is 4.90 Å². The summed E-state index contributed by atoms with van der Waals surface area (Å²) in [6, 6.07) is 6.44. The topological polar surface area (TPSA) is 76.9 Å². The Labute approximate surface area is 126 Å². The first-order valence-electron chi connectivity index (χ1n) is 6.02. The Morgan fingerprint density at radius 3 is 2.76 bits per heavy atom. The summed E-state index contributed by atoms with van der Waals surface area (Å²) >= 11 is 6.14. The third kappa shape index (κ3) is 2.45. The van der Waals surface area contributed by atoms with Gasteiger partial charge in [-0.1, -0.05) is 11.6 Å². The summed E-state index contributed by atoms with van der Waals surface area (Å²) in [6.45, 7) is 0. The number of anilines is 1. The Morgan fingerprint density at radius 2 is 2.05 bits per heavy atom. The molecule has 1 aromatic carbocycles. The van der Waals surface area contributed by atoms with Crippen LogP contribution in [0.15, 0.2) is 47.8 Å². The van der Waals surface area contributed by atoms with E-state index in [0.29, 0.717) is 16.2 Å². The summed E-state index contributed by atoms with van der Waals surface area (Å²) in [5.41, 5.74) is 0.924. The molecule has 0 fully saturated rings. The maximum absolute atomic E-state index is 12.4. The lowest BCUT2D eigenvalue weighted by atomic mass is 10.2. The van der Waals surface area contributed by atoms with Gasteiger partial charge in [0.2, 0.25) is 0 Å². The Balaban J connectivity index is 2.14. The molecule has 0 aliphatic heterocycles. The number of halogens is 1. The molecule has 8 heteroatoms. The Morgan fingerprint density at radius 1 is 1.24 bits per heavy atom. The van der Waals surface area contributed by atoms with Crippen molar-refractivity contribution in [3.8, 4) is 0 Å². The molecule has 2 heterocycles. The smallest absolute Gasteiger partial charge is 0.263 e. The Hall–Kier alpha value is -2.12. The maximum Gasteiger partial charge on any atom is 0.263 e. The van der Waals surface area contributed by atoms with Gasteiger partial charge in [0.1, 0.15) is 4.90 Å². The van der Waals surface area contributed by atoms with Crippen molar-refractivity contribution in [3.05, 3.63) is 47.9 Å². The molecule has 0 unspecified atom stereocenters. The van der Waals surface area contributed by atoms with Crippen molar-refractivity contribution < 1.29 is 8.42 Å². The molecular weight excluding hydrogens is 312 g/mol. The zero-order chi connectivity index (χ0) is 15.0. The molecule has 108 valence electrons. The van der Waals surface area contributed by atoms with Crippen molar-refractivity contribution in [1.82, 2.24) is 14.8 Å². The molecule has 6 nitrogen and oxygen atoms in total. The molecule has 0 spiro atoms. The Kier molecular flexibility index (Phi) is 3.30. The molecule has 0 aliphatic carbocycles. The fourth-order valence-corrected chi connectivity index (χ4v) is 3.34. The first-order valence-corrected chi connectivity index (χ1v) is 7.88. The summed E-state index contributed by atoms with van der Waals surface area (Å²) in [7, 11) is -2.04. The molecule has 0 atom stereocenters. The third-order valence-electron chi connectivity index (χ3n) is 3.03. The zero-order valence-corrected chi connectivity index (χ0v) is 12.6. The predicted molar refractivity (Wildman–Crippen MR) is 80.8 cm³/mol. The van der Waals surface area contributed by atoms with Gasteiger partial charge in [-0.2, -0.15) is 5.10 Å². The molecular formula is C13H11ClN4O2S. The van der Waals surface area contributed by atoms with Crippen LogP contribution in [0.1, 0.15) is 0 Å². The second-order valence-corrected chi connectivity index (χ2v) is 6.51. The number of fused-ring (bicyclic) bond motifs is 1. The van der Waals surface area contributed by atoms with Crippen LogP contribution in [-0.4, -0.2) is 23.2 Å². The van der Waals surface area contributed by atoms with Gasteiger partial charge in [0.25, 0.3) is 10.0 Å². The van der Waals surface area contributed by atoms with E-state index < -0.39 is 10.0 Å². The maximum atomic E-state index is 12.4. The molecule has 0 radical (unpaired) electrons. The molecule has 3 rings (SSSR count). The highest BCUT2D eigenvalue weighted by atomic mass is 35.5. The van der Waals surface area contributed by atoms with E-state index >= 15 is 0 Å². The quantitative estimate of drug-likeness (QED) is 0.803. The van der Waals surface area contributed by atoms with Crippen molar-refractivity contribution in [1.29, 1.82) is 0 Å². The van der Waals surface area contributed by atoms with Crippen LogP contribution in [0.5, 0.6) is 0 Å². The SMILES string of the molecule is Cn1ncc2ccc(Cl)c(NS(=O)(=O)c3cccnc3)c21. The molecule has 0 saturated carbocycles.